The number of ether oxygens (including phenoxy) is 2. The van der Waals surface area contributed by atoms with Crippen LogP contribution in [0.25, 0.3) is 5.69 Å². The van der Waals surface area contributed by atoms with Gasteiger partial charge in [-0.2, -0.15) is 0 Å². The van der Waals surface area contributed by atoms with Crippen LogP contribution in [0.4, 0.5) is 14.9 Å². The van der Waals surface area contributed by atoms with Gasteiger partial charge in [0.25, 0.3) is 0 Å². The molecule has 0 spiro atoms. The summed E-state index contributed by atoms with van der Waals surface area (Å²) in [5.74, 6) is -1.10. The van der Waals surface area contributed by atoms with E-state index >= 15 is 0 Å². The van der Waals surface area contributed by atoms with E-state index in [9.17, 15) is 14.0 Å². The number of carbonyl (C=O) groups is 2. The van der Waals surface area contributed by atoms with E-state index in [1.165, 1.54) is 24.1 Å². The summed E-state index contributed by atoms with van der Waals surface area (Å²) in [4.78, 5) is 26.0. The molecule has 0 aliphatic rings. The highest BCUT2D eigenvalue weighted by molar-refractivity contribution is 5.94. The van der Waals surface area contributed by atoms with Crippen molar-refractivity contribution in [2.24, 2.45) is 0 Å². The summed E-state index contributed by atoms with van der Waals surface area (Å²) >= 11 is 0. The molecular weight excluding hydrogens is 365 g/mol. The van der Waals surface area contributed by atoms with Crippen LogP contribution in [0.2, 0.25) is 0 Å². The molecule has 0 bridgehead atoms. The molecule has 1 aromatic carbocycles. The lowest BCUT2D eigenvalue weighted by atomic mass is 10.2. The summed E-state index contributed by atoms with van der Waals surface area (Å²) in [6.07, 6.45) is 2.99. The van der Waals surface area contributed by atoms with Gasteiger partial charge >= 0.3 is 6.09 Å². The van der Waals surface area contributed by atoms with Gasteiger partial charge in [0.15, 0.2) is 0 Å². The van der Waals surface area contributed by atoms with Crippen molar-refractivity contribution in [1.82, 2.24) is 9.47 Å². The summed E-state index contributed by atoms with van der Waals surface area (Å²) in [5, 5.41) is 2.52. The highest BCUT2D eigenvalue weighted by Crippen LogP contribution is 2.19. The fraction of sp³-hybridized carbons (Fsp3) is 0.400. The summed E-state index contributed by atoms with van der Waals surface area (Å²) in [5.41, 5.74) is 0.0352. The van der Waals surface area contributed by atoms with E-state index in [4.69, 9.17) is 9.47 Å². The van der Waals surface area contributed by atoms with Crippen molar-refractivity contribution in [2.75, 3.05) is 32.1 Å². The molecule has 0 aliphatic carbocycles. The Morgan fingerprint density at radius 1 is 1.21 bits per heavy atom. The largest absolute Gasteiger partial charge is 0.444 e. The number of carbonyl (C=O) groups excluding carboxylic acids is 2. The van der Waals surface area contributed by atoms with E-state index in [-0.39, 0.29) is 25.4 Å². The molecule has 2 aromatic rings. The first kappa shape index (κ1) is 21.4. The van der Waals surface area contributed by atoms with Gasteiger partial charge in [-0.25, -0.2) is 9.18 Å². The minimum absolute atomic E-state index is 0.0343. The molecule has 8 heteroatoms. The summed E-state index contributed by atoms with van der Waals surface area (Å²) in [7, 11) is 1.50. The van der Waals surface area contributed by atoms with Crippen LogP contribution in [0.3, 0.4) is 0 Å². The molecule has 1 N–H and O–H groups in total. The number of amides is 2. The predicted octanol–water partition coefficient (Wildman–Crippen LogP) is 3.44. The third kappa shape index (κ3) is 6.38. The Kier molecular flexibility index (Phi) is 7.17. The van der Waals surface area contributed by atoms with Crippen molar-refractivity contribution in [1.29, 1.82) is 0 Å². The number of halogens is 1. The molecule has 0 atom stereocenters. The summed E-state index contributed by atoms with van der Waals surface area (Å²) in [6.45, 7) is 5.34. The van der Waals surface area contributed by atoms with Crippen molar-refractivity contribution < 1.29 is 23.5 Å². The van der Waals surface area contributed by atoms with Crippen molar-refractivity contribution >= 4 is 17.7 Å². The molecule has 28 heavy (non-hydrogen) atoms. The fourth-order valence-corrected chi connectivity index (χ4v) is 2.40. The Balaban J connectivity index is 2.09. The third-order valence-electron chi connectivity index (χ3n) is 3.68. The van der Waals surface area contributed by atoms with Gasteiger partial charge in [0.05, 0.1) is 12.3 Å². The number of methoxy groups -OCH3 is 1. The maximum absolute atomic E-state index is 14.1. The molecule has 0 unspecified atom stereocenters. The van der Waals surface area contributed by atoms with Crippen LogP contribution in [-0.4, -0.2) is 53.9 Å². The number of nitrogens with one attached hydrogen (secondary N) is 1. The Hall–Kier alpha value is -2.87. The molecule has 7 nitrogen and oxygen atoms in total. The molecule has 0 aliphatic heterocycles. The van der Waals surface area contributed by atoms with Gasteiger partial charge in [0.2, 0.25) is 5.91 Å². The number of nitrogens with zero attached hydrogens (tertiary/aromatic N) is 2. The number of hydrogen-bond donors (Lipinski definition) is 1. The predicted molar refractivity (Wildman–Crippen MR) is 104 cm³/mol. The van der Waals surface area contributed by atoms with E-state index in [0.29, 0.717) is 5.69 Å². The lowest BCUT2D eigenvalue weighted by molar-refractivity contribution is -0.117. The molecule has 1 heterocycles. The number of anilines is 1. The van der Waals surface area contributed by atoms with Crippen LogP contribution in [-0.2, 0) is 14.3 Å². The Labute approximate surface area is 164 Å². The van der Waals surface area contributed by atoms with Crippen LogP contribution < -0.4 is 5.32 Å². The maximum Gasteiger partial charge on any atom is 0.410 e. The SMILES string of the molecule is COCCN(CC(=O)Nc1cc(-n2cccc2)ccc1F)C(=O)OC(C)(C)C. The van der Waals surface area contributed by atoms with E-state index in [1.54, 1.807) is 31.4 Å². The Morgan fingerprint density at radius 2 is 1.89 bits per heavy atom. The van der Waals surface area contributed by atoms with Gasteiger partial charge < -0.3 is 19.4 Å². The number of hydrogen-bond acceptors (Lipinski definition) is 4. The maximum atomic E-state index is 14.1. The molecule has 152 valence electrons. The minimum atomic E-state index is -0.698. The second-order valence-corrected chi connectivity index (χ2v) is 7.20. The molecule has 0 saturated heterocycles. The third-order valence-corrected chi connectivity index (χ3v) is 3.68. The van der Waals surface area contributed by atoms with E-state index in [1.807, 2.05) is 24.5 Å². The van der Waals surface area contributed by atoms with Crippen LogP contribution in [0.5, 0.6) is 0 Å². The van der Waals surface area contributed by atoms with Crippen LogP contribution in [0.1, 0.15) is 20.8 Å². The van der Waals surface area contributed by atoms with Crippen LogP contribution >= 0.6 is 0 Å². The monoisotopic (exact) mass is 391 g/mol. The molecule has 0 radical (unpaired) electrons. The average molecular weight is 391 g/mol. The van der Waals surface area contributed by atoms with Gasteiger partial charge in [-0.1, -0.05) is 0 Å². The second kappa shape index (κ2) is 9.36. The number of rotatable bonds is 7. The van der Waals surface area contributed by atoms with Crippen molar-refractivity contribution in [2.45, 2.75) is 26.4 Å². The topological polar surface area (TPSA) is 72.8 Å². The first-order valence-corrected chi connectivity index (χ1v) is 8.89. The Bertz CT molecular complexity index is 800. The number of benzene rings is 1. The van der Waals surface area contributed by atoms with Crippen molar-refractivity contribution in [3.8, 4) is 5.69 Å². The van der Waals surface area contributed by atoms with Gasteiger partial charge in [-0.05, 0) is 51.1 Å². The highest BCUT2D eigenvalue weighted by Gasteiger charge is 2.24. The number of aromatic nitrogens is 1. The summed E-state index contributed by atoms with van der Waals surface area (Å²) < 4.78 is 26.2. The normalized spacial score (nSPS) is 11.2. The van der Waals surface area contributed by atoms with Crippen LogP contribution in [0, 0.1) is 5.82 Å². The molecule has 1 aromatic heterocycles. The Morgan fingerprint density at radius 3 is 2.50 bits per heavy atom. The summed E-state index contributed by atoms with van der Waals surface area (Å²) in [6, 6.07) is 8.10. The van der Waals surface area contributed by atoms with E-state index < -0.39 is 23.4 Å². The van der Waals surface area contributed by atoms with Crippen LogP contribution in [0.15, 0.2) is 42.7 Å². The average Bonchev–Trinajstić information content (AvgIpc) is 3.13. The highest BCUT2D eigenvalue weighted by atomic mass is 19.1. The zero-order valence-corrected chi connectivity index (χ0v) is 16.6. The molecular formula is C20H26FN3O4. The zero-order valence-electron chi connectivity index (χ0n) is 16.6. The fourth-order valence-electron chi connectivity index (χ4n) is 2.40. The second-order valence-electron chi connectivity index (χ2n) is 7.20. The van der Waals surface area contributed by atoms with Gasteiger partial charge in [-0.15, -0.1) is 0 Å². The quantitative estimate of drug-likeness (QED) is 0.785. The smallest absolute Gasteiger partial charge is 0.410 e. The van der Waals surface area contributed by atoms with Crippen molar-refractivity contribution in [3.05, 3.63) is 48.5 Å². The molecule has 2 amide bonds. The molecule has 0 saturated carbocycles. The van der Waals surface area contributed by atoms with Crippen molar-refractivity contribution in [3.63, 3.8) is 0 Å². The molecule has 0 fully saturated rings. The zero-order chi connectivity index (χ0) is 20.7. The van der Waals surface area contributed by atoms with E-state index in [2.05, 4.69) is 5.32 Å². The van der Waals surface area contributed by atoms with Gasteiger partial charge in [-0.3, -0.25) is 9.69 Å². The standard InChI is InChI=1S/C20H26FN3O4/c1-20(2,3)28-19(26)24(11-12-27-4)14-18(25)22-17-13-15(7-8-16(17)21)23-9-5-6-10-23/h5-10,13H,11-12,14H2,1-4H3,(H,22,25). The minimum Gasteiger partial charge on any atom is -0.444 e. The first-order valence-electron chi connectivity index (χ1n) is 8.89. The van der Waals surface area contributed by atoms with Gasteiger partial charge in [0, 0.05) is 31.7 Å². The lowest BCUT2D eigenvalue weighted by Gasteiger charge is -2.27. The molecule has 2 rings (SSSR count). The van der Waals surface area contributed by atoms with Gasteiger partial charge in [0.1, 0.15) is 18.0 Å². The lowest BCUT2D eigenvalue weighted by Crippen LogP contribution is -2.43. The first-order chi connectivity index (χ1) is 13.2. The van der Waals surface area contributed by atoms with E-state index in [0.717, 1.165) is 0 Å².